The summed E-state index contributed by atoms with van der Waals surface area (Å²) in [5, 5.41) is 0. The number of methoxy groups -OCH3 is 1. The van der Waals surface area contributed by atoms with Crippen molar-refractivity contribution in [3.05, 3.63) is 52.6 Å². The number of aromatic nitrogens is 2. The molecule has 4 heteroatoms. The number of imidazole rings is 1. The Hall–Kier alpha value is -2.10. The molecule has 0 aliphatic carbocycles. The van der Waals surface area contributed by atoms with E-state index in [1.54, 1.807) is 6.20 Å². The van der Waals surface area contributed by atoms with Gasteiger partial charge in [-0.2, -0.15) is 0 Å². The minimum absolute atomic E-state index is 0.357. The summed E-state index contributed by atoms with van der Waals surface area (Å²) in [5.41, 5.74) is 4.07. The molecule has 2 rings (SSSR count). The summed E-state index contributed by atoms with van der Waals surface area (Å²) in [6, 6.07) is 6.37. The number of carbonyl (C=O) groups excluding carboxylic acids is 1. The second-order valence-electron chi connectivity index (χ2n) is 4.76. The molecule has 0 aliphatic rings. The fraction of sp³-hybridized carbons (Fsp3) is 0.333. The van der Waals surface area contributed by atoms with Gasteiger partial charge < -0.3 is 9.30 Å². The molecular formula is C15H18N2O2. The number of nitrogens with zero attached hydrogens (tertiary/aromatic N) is 2. The van der Waals surface area contributed by atoms with Crippen LogP contribution < -0.4 is 0 Å². The molecule has 1 heterocycles. The van der Waals surface area contributed by atoms with Crippen LogP contribution in [0.5, 0.6) is 0 Å². The number of carbonyl (C=O) groups is 1. The lowest BCUT2D eigenvalue weighted by Crippen LogP contribution is -2.12. The van der Waals surface area contributed by atoms with Crippen LogP contribution in [0.3, 0.4) is 0 Å². The Kier molecular flexibility index (Phi) is 3.69. The quantitative estimate of drug-likeness (QED) is 0.795. The highest BCUT2D eigenvalue weighted by molar-refractivity contribution is 5.87. The van der Waals surface area contributed by atoms with Crippen molar-refractivity contribution in [3.8, 4) is 0 Å². The summed E-state index contributed by atoms with van der Waals surface area (Å²) >= 11 is 0. The number of hydrogen-bond acceptors (Lipinski definition) is 3. The van der Waals surface area contributed by atoms with Crippen LogP contribution in [0.1, 0.15) is 33.0 Å². The van der Waals surface area contributed by atoms with E-state index in [1.165, 1.54) is 18.2 Å². The fourth-order valence-corrected chi connectivity index (χ4v) is 2.28. The van der Waals surface area contributed by atoms with Crippen molar-refractivity contribution < 1.29 is 9.53 Å². The maximum atomic E-state index is 11.7. The Balaban J connectivity index is 2.37. The first kappa shape index (κ1) is 13.3. The van der Waals surface area contributed by atoms with E-state index in [4.69, 9.17) is 4.74 Å². The van der Waals surface area contributed by atoms with E-state index in [1.807, 2.05) is 11.5 Å². The van der Waals surface area contributed by atoms with E-state index in [0.717, 1.165) is 11.4 Å². The molecule has 0 fully saturated rings. The molecule has 0 N–H and O–H groups in total. The largest absolute Gasteiger partial charge is 0.464 e. The van der Waals surface area contributed by atoms with Gasteiger partial charge in [0.1, 0.15) is 11.5 Å². The van der Waals surface area contributed by atoms with Gasteiger partial charge in [-0.05, 0) is 26.3 Å². The Morgan fingerprint density at radius 2 is 1.84 bits per heavy atom. The van der Waals surface area contributed by atoms with E-state index in [9.17, 15) is 4.79 Å². The third-order valence-electron chi connectivity index (χ3n) is 3.07. The molecule has 0 atom stereocenters. The molecule has 0 saturated heterocycles. The number of ether oxygens (including phenoxy) is 1. The maximum Gasteiger partial charge on any atom is 0.356 e. The van der Waals surface area contributed by atoms with Gasteiger partial charge in [0.2, 0.25) is 0 Å². The van der Waals surface area contributed by atoms with E-state index in [2.05, 4.69) is 37.0 Å². The predicted molar refractivity (Wildman–Crippen MR) is 73.3 cm³/mol. The normalized spacial score (nSPS) is 10.5. The molecule has 0 unspecified atom stereocenters. The number of esters is 1. The number of rotatable bonds is 3. The number of hydrogen-bond donors (Lipinski definition) is 0. The average molecular weight is 258 g/mol. The van der Waals surface area contributed by atoms with Crippen LogP contribution in [0.15, 0.2) is 24.4 Å². The van der Waals surface area contributed by atoms with Crippen LogP contribution >= 0.6 is 0 Å². The maximum absolute atomic E-state index is 11.7. The Labute approximate surface area is 113 Å². The first-order chi connectivity index (χ1) is 9.01. The van der Waals surface area contributed by atoms with Gasteiger partial charge in [-0.25, -0.2) is 9.78 Å². The number of benzene rings is 1. The minimum atomic E-state index is -0.357. The van der Waals surface area contributed by atoms with E-state index in [-0.39, 0.29) is 5.97 Å². The first-order valence-corrected chi connectivity index (χ1v) is 6.19. The number of aryl methyl sites for hydroxylation is 3. The zero-order valence-corrected chi connectivity index (χ0v) is 11.7. The van der Waals surface area contributed by atoms with E-state index >= 15 is 0 Å². The van der Waals surface area contributed by atoms with Crippen LogP contribution in [0.4, 0.5) is 0 Å². The smallest absolute Gasteiger partial charge is 0.356 e. The lowest BCUT2D eigenvalue weighted by atomic mass is 10.1. The zero-order chi connectivity index (χ0) is 14.0. The fourth-order valence-electron chi connectivity index (χ4n) is 2.28. The zero-order valence-electron chi connectivity index (χ0n) is 11.7. The summed E-state index contributed by atoms with van der Waals surface area (Å²) in [7, 11) is 1.38. The molecule has 1 aromatic carbocycles. The highest BCUT2D eigenvalue weighted by Gasteiger charge is 2.15. The van der Waals surface area contributed by atoms with Crippen molar-refractivity contribution in [2.45, 2.75) is 27.3 Å². The van der Waals surface area contributed by atoms with Crippen LogP contribution in [0.2, 0.25) is 0 Å². The Bertz CT molecular complexity index is 594. The van der Waals surface area contributed by atoms with Gasteiger partial charge in [-0.3, -0.25) is 0 Å². The van der Waals surface area contributed by atoms with Crippen molar-refractivity contribution in [2.24, 2.45) is 0 Å². The van der Waals surface area contributed by atoms with Gasteiger partial charge in [-0.1, -0.05) is 29.3 Å². The minimum Gasteiger partial charge on any atom is -0.464 e. The van der Waals surface area contributed by atoms with E-state index in [0.29, 0.717) is 12.2 Å². The summed E-state index contributed by atoms with van der Waals surface area (Å²) < 4.78 is 6.65. The third-order valence-corrected chi connectivity index (χ3v) is 3.07. The molecule has 2 aromatic rings. The molecule has 0 spiro atoms. The van der Waals surface area contributed by atoms with Crippen LogP contribution in [-0.2, 0) is 11.3 Å². The summed E-state index contributed by atoms with van der Waals surface area (Å²) in [5.74, 6) is 0.449. The van der Waals surface area contributed by atoms with Crippen molar-refractivity contribution in [3.63, 3.8) is 0 Å². The molecule has 19 heavy (non-hydrogen) atoms. The summed E-state index contributed by atoms with van der Waals surface area (Å²) in [6.07, 6.45) is 1.56. The lowest BCUT2D eigenvalue weighted by molar-refractivity contribution is 0.0588. The molecule has 0 radical (unpaired) electrons. The average Bonchev–Trinajstić information content (AvgIpc) is 2.69. The third kappa shape index (κ3) is 2.84. The molecular weight excluding hydrogens is 240 g/mol. The highest BCUT2D eigenvalue weighted by atomic mass is 16.5. The SMILES string of the molecule is COC(=O)c1cnc(C)n1Cc1cc(C)cc(C)c1. The first-order valence-electron chi connectivity index (χ1n) is 6.19. The van der Waals surface area contributed by atoms with Gasteiger partial charge in [0.15, 0.2) is 0 Å². The Morgan fingerprint density at radius 1 is 1.21 bits per heavy atom. The van der Waals surface area contributed by atoms with Crippen LogP contribution in [0.25, 0.3) is 0 Å². The molecule has 0 aliphatic heterocycles. The Morgan fingerprint density at radius 3 is 2.42 bits per heavy atom. The van der Waals surface area contributed by atoms with Gasteiger partial charge in [0.25, 0.3) is 0 Å². The topological polar surface area (TPSA) is 44.1 Å². The van der Waals surface area contributed by atoms with Gasteiger partial charge >= 0.3 is 5.97 Å². The molecule has 4 nitrogen and oxygen atoms in total. The van der Waals surface area contributed by atoms with Crippen molar-refractivity contribution in [1.29, 1.82) is 0 Å². The van der Waals surface area contributed by atoms with Gasteiger partial charge in [0.05, 0.1) is 13.3 Å². The van der Waals surface area contributed by atoms with Crippen molar-refractivity contribution in [2.75, 3.05) is 7.11 Å². The van der Waals surface area contributed by atoms with Crippen molar-refractivity contribution in [1.82, 2.24) is 9.55 Å². The molecule has 1 aromatic heterocycles. The summed E-state index contributed by atoms with van der Waals surface area (Å²) in [4.78, 5) is 15.9. The van der Waals surface area contributed by atoms with Crippen LogP contribution in [0, 0.1) is 20.8 Å². The van der Waals surface area contributed by atoms with Crippen LogP contribution in [-0.4, -0.2) is 22.6 Å². The molecule has 0 amide bonds. The lowest BCUT2D eigenvalue weighted by Gasteiger charge is -2.10. The van der Waals surface area contributed by atoms with Crippen molar-refractivity contribution >= 4 is 5.97 Å². The summed E-state index contributed by atoms with van der Waals surface area (Å²) in [6.45, 7) is 6.64. The van der Waals surface area contributed by atoms with Gasteiger partial charge in [0, 0.05) is 6.54 Å². The molecule has 0 saturated carbocycles. The monoisotopic (exact) mass is 258 g/mol. The highest BCUT2D eigenvalue weighted by Crippen LogP contribution is 2.14. The second kappa shape index (κ2) is 5.26. The standard InChI is InChI=1S/C15H18N2O2/c1-10-5-11(2)7-13(6-10)9-17-12(3)16-8-14(17)15(18)19-4/h5-8H,9H2,1-4H3. The van der Waals surface area contributed by atoms with E-state index < -0.39 is 0 Å². The second-order valence-corrected chi connectivity index (χ2v) is 4.76. The van der Waals surface area contributed by atoms with Gasteiger partial charge in [-0.15, -0.1) is 0 Å². The molecule has 0 bridgehead atoms. The predicted octanol–water partition coefficient (Wildman–Crippen LogP) is 2.64. The molecule has 100 valence electrons.